The lowest BCUT2D eigenvalue weighted by Gasteiger charge is -2.50. The lowest BCUT2D eigenvalue weighted by atomic mass is 9.81. The van der Waals surface area contributed by atoms with Crippen molar-refractivity contribution in [2.75, 3.05) is 66.4 Å². The number of carbonyl (C=O) groups excluding carboxylic acids is 3. The molecule has 22 heteroatoms. The van der Waals surface area contributed by atoms with Gasteiger partial charge in [-0.05, 0) is 111 Å². The number of aryl methyl sites for hydroxylation is 1. The molecule has 378 valence electrons. The van der Waals surface area contributed by atoms with E-state index in [0.29, 0.717) is 68.6 Å². The number of hydrogen-bond acceptors (Lipinski definition) is 16. The van der Waals surface area contributed by atoms with E-state index in [-0.39, 0.29) is 76.8 Å². The van der Waals surface area contributed by atoms with Crippen LogP contribution in [-0.2, 0) is 41.6 Å². The van der Waals surface area contributed by atoms with E-state index in [1.165, 1.54) is 9.80 Å². The molecule has 0 radical (unpaired) electrons. The Bertz CT molecular complexity index is 2220. The van der Waals surface area contributed by atoms with Gasteiger partial charge in [-0.3, -0.25) is 40.2 Å². The number of halogens is 3. The van der Waals surface area contributed by atoms with E-state index in [2.05, 4.69) is 9.68 Å². The Balaban J connectivity index is 1.31. The Labute approximate surface area is 403 Å². The van der Waals surface area contributed by atoms with Crippen LogP contribution < -0.4 is 9.47 Å². The van der Waals surface area contributed by atoms with Crippen LogP contribution in [0.4, 0.5) is 18.4 Å². The largest absolute Gasteiger partial charge is 0.491 e. The number of unbranched alkanes of at least 4 members (excludes halogenated alkanes) is 2. The predicted molar refractivity (Wildman–Crippen MR) is 240 cm³/mol. The molecule has 3 aliphatic rings. The molecule has 1 saturated heterocycles. The molecule has 2 unspecified atom stereocenters. The molecule has 69 heavy (non-hydrogen) atoms. The number of amides is 3. The van der Waals surface area contributed by atoms with Crippen LogP contribution in [0.5, 0.6) is 11.5 Å². The van der Waals surface area contributed by atoms with Gasteiger partial charge < -0.3 is 33.5 Å². The van der Waals surface area contributed by atoms with Crippen molar-refractivity contribution in [2.45, 2.75) is 89.4 Å². The Hall–Kier alpha value is -5.20. The molecule has 3 aromatic carbocycles. The third-order valence-corrected chi connectivity index (χ3v) is 12.3. The Kier molecular flexibility index (Phi) is 20.1. The predicted octanol–water partition coefficient (Wildman–Crippen LogP) is 7.52. The molecule has 2 fully saturated rings. The monoisotopic (exact) mass is 991 g/mol. The third-order valence-electron chi connectivity index (χ3n) is 12.0. The van der Waals surface area contributed by atoms with Crippen molar-refractivity contribution < 1.29 is 77.4 Å². The summed E-state index contributed by atoms with van der Waals surface area (Å²) in [6, 6.07) is 13.5. The van der Waals surface area contributed by atoms with E-state index in [1.54, 1.807) is 7.11 Å². The summed E-state index contributed by atoms with van der Waals surface area (Å²) < 4.78 is 56.4. The lowest BCUT2D eigenvalue weighted by Crippen LogP contribution is -2.65. The first-order chi connectivity index (χ1) is 33.3. The van der Waals surface area contributed by atoms with Gasteiger partial charge in [0.05, 0.1) is 62.5 Å². The molecule has 3 aromatic rings. The minimum Gasteiger partial charge on any atom is -0.491 e. The van der Waals surface area contributed by atoms with Gasteiger partial charge in [0.2, 0.25) is 0 Å². The molecule has 2 heterocycles. The van der Waals surface area contributed by atoms with Crippen molar-refractivity contribution in [2.24, 2.45) is 0 Å². The van der Waals surface area contributed by atoms with E-state index in [9.17, 15) is 18.4 Å². The van der Waals surface area contributed by atoms with Gasteiger partial charge in [0, 0.05) is 38.4 Å². The second-order valence-electron chi connectivity index (χ2n) is 16.8. The van der Waals surface area contributed by atoms with Crippen molar-refractivity contribution in [1.82, 2.24) is 25.5 Å². The maximum Gasteiger partial charge on any atom is 0.410 e. The number of benzene rings is 3. The van der Waals surface area contributed by atoms with Gasteiger partial charge in [0.15, 0.2) is 11.6 Å². The molecule has 2 bridgehead atoms. The van der Waals surface area contributed by atoms with Crippen molar-refractivity contribution in [3.8, 4) is 11.5 Å². The van der Waals surface area contributed by atoms with E-state index in [0.717, 1.165) is 47.2 Å². The minimum atomic E-state index is -0.980. The van der Waals surface area contributed by atoms with Crippen LogP contribution in [0.2, 0.25) is 5.02 Å². The summed E-state index contributed by atoms with van der Waals surface area (Å²) in [7, 11) is 1.59. The normalized spacial score (nSPS) is 16.9. The average molecular weight is 992 g/mol. The highest BCUT2D eigenvalue weighted by Crippen LogP contribution is 2.42. The number of piperazine rings is 1. The van der Waals surface area contributed by atoms with Crippen molar-refractivity contribution >= 4 is 35.3 Å². The summed E-state index contributed by atoms with van der Waals surface area (Å²) in [5.74, 6) is -1.56. The topological polar surface area (TPSA) is 213 Å². The third kappa shape index (κ3) is 14.9. The minimum absolute atomic E-state index is 0.00543. The Morgan fingerprint density at radius 2 is 1.41 bits per heavy atom. The molecule has 3 amide bonds. The zero-order chi connectivity index (χ0) is 49.5. The van der Waals surface area contributed by atoms with Crippen LogP contribution in [0.25, 0.3) is 5.57 Å². The van der Waals surface area contributed by atoms with Crippen LogP contribution in [0.15, 0.2) is 60.2 Å². The SMILES string of the molecule is COCCOc1cccc(CN(C(=O)C2=C(c3ccc(CCCOc4c(F)ccc(F)c4Cl)cc3)CC3CN(C(=O)OCCCCON(O)O)CC2N3C(=O)OCCCCON(O)O)C2CC2)c1C. The van der Waals surface area contributed by atoms with Gasteiger partial charge in [-0.15, -0.1) is 0 Å². The highest BCUT2D eigenvalue weighted by atomic mass is 35.5. The van der Waals surface area contributed by atoms with Crippen molar-refractivity contribution in [3.63, 3.8) is 0 Å². The smallest absolute Gasteiger partial charge is 0.410 e. The molecular weight excluding hydrogens is 932 g/mol. The fraction of sp³-hybridized carbons (Fsp3) is 0.511. The summed E-state index contributed by atoms with van der Waals surface area (Å²) in [5, 5.41) is 34.2. The molecule has 2 aliphatic heterocycles. The first-order valence-corrected chi connectivity index (χ1v) is 23.2. The van der Waals surface area contributed by atoms with Gasteiger partial charge in [-0.2, -0.15) is 0 Å². The standard InChI is InChI=1S/C47H60ClF2N5O14/c1-31-34(10-7-11-41(31)64-26-25-63-2)28-52(35-16-17-35)45(56)42-37(33-14-12-32(13-15-33)9-8-22-65-44-39(50)19-18-38(49)43(44)48)27-36-29-51(46(57)66-20-3-5-23-68-54(59)60)30-40(42)53(36)47(58)67-21-4-6-24-69-55(61)62/h7,10-15,18-19,35-36,40,59-62H,3-6,8-9,16-17,20-30H2,1-2H3. The number of ether oxygens (including phenoxy) is 5. The van der Waals surface area contributed by atoms with Gasteiger partial charge in [-0.25, -0.2) is 18.4 Å². The highest BCUT2D eigenvalue weighted by Gasteiger charge is 2.50. The number of fused-ring (bicyclic) bond motifs is 2. The van der Waals surface area contributed by atoms with E-state index in [4.69, 9.17) is 56.1 Å². The number of nitrogens with zero attached hydrogens (tertiary/aromatic N) is 5. The Morgan fingerprint density at radius 1 is 0.754 bits per heavy atom. The van der Waals surface area contributed by atoms with Gasteiger partial charge >= 0.3 is 12.2 Å². The van der Waals surface area contributed by atoms with E-state index < -0.39 is 51.7 Å². The molecule has 0 spiro atoms. The summed E-state index contributed by atoms with van der Waals surface area (Å²) >= 11 is 5.94. The van der Waals surface area contributed by atoms with Crippen molar-refractivity contribution in [3.05, 3.63) is 99.1 Å². The number of rotatable bonds is 26. The first kappa shape index (κ1) is 53.2. The van der Waals surface area contributed by atoms with Crippen LogP contribution in [0.1, 0.15) is 73.6 Å². The first-order valence-electron chi connectivity index (χ1n) is 22.9. The highest BCUT2D eigenvalue weighted by molar-refractivity contribution is 6.32. The molecular formula is C47H60ClF2N5O14. The molecule has 6 rings (SSSR count). The van der Waals surface area contributed by atoms with Crippen molar-refractivity contribution in [1.29, 1.82) is 0 Å². The summed E-state index contributed by atoms with van der Waals surface area (Å²) in [5.41, 5.74) is 4.40. The molecule has 1 saturated carbocycles. The number of carbonyl (C=O) groups is 3. The molecule has 0 aromatic heterocycles. The fourth-order valence-electron chi connectivity index (χ4n) is 8.34. The van der Waals surface area contributed by atoms with Gasteiger partial charge in [-0.1, -0.05) is 48.0 Å². The van der Waals surface area contributed by atoms with E-state index >= 15 is 4.79 Å². The van der Waals surface area contributed by atoms with E-state index in [1.807, 2.05) is 54.3 Å². The maximum atomic E-state index is 15.6. The maximum absolute atomic E-state index is 15.6. The summed E-state index contributed by atoms with van der Waals surface area (Å²) in [6.07, 6.45) is 2.66. The van der Waals surface area contributed by atoms with Crippen LogP contribution in [0, 0.1) is 18.6 Å². The summed E-state index contributed by atoms with van der Waals surface area (Å²) in [4.78, 5) is 57.6. The lowest BCUT2D eigenvalue weighted by molar-refractivity contribution is -0.492. The second kappa shape index (κ2) is 26.1. The molecule has 19 nitrogen and oxygen atoms in total. The van der Waals surface area contributed by atoms with Crippen LogP contribution in [-0.4, -0.2) is 149 Å². The van der Waals surface area contributed by atoms with Gasteiger partial charge in [0.1, 0.15) is 23.2 Å². The molecule has 2 atom stereocenters. The zero-order valence-corrected chi connectivity index (χ0v) is 39.4. The zero-order valence-electron chi connectivity index (χ0n) is 38.6. The fourth-order valence-corrected chi connectivity index (χ4v) is 8.55. The second-order valence-corrected chi connectivity index (χ2v) is 17.1. The quantitative estimate of drug-likeness (QED) is 0.0348. The Morgan fingerprint density at radius 3 is 2.06 bits per heavy atom. The van der Waals surface area contributed by atoms with Crippen LogP contribution in [0.3, 0.4) is 0 Å². The number of hydrogen-bond donors (Lipinski definition) is 4. The number of methoxy groups -OCH3 is 1. The van der Waals surface area contributed by atoms with Crippen LogP contribution >= 0.6 is 11.6 Å². The van der Waals surface area contributed by atoms with Gasteiger partial charge in [0.25, 0.3) is 5.91 Å². The molecule has 1 aliphatic carbocycles. The molecule has 4 N–H and O–H groups in total. The average Bonchev–Trinajstić information content (AvgIpc) is 4.17. The summed E-state index contributed by atoms with van der Waals surface area (Å²) in [6.45, 7) is 2.79.